The topological polar surface area (TPSA) is 12.0 Å². The van der Waals surface area contributed by atoms with Crippen molar-refractivity contribution in [3.63, 3.8) is 0 Å². The standard InChI is InChI=1S/C12H14F3N/c1-3-4-8(2)16-7-9-5-10(13)12(15)11(14)6-9/h3,5-6,8,16H,1,4,7H2,2H3. The molecule has 1 unspecified atom stereocenters. The van der Waals surface area contributed by atoms with Crippen molar-refractivity contribution < 1.29 is 13.2 Å². The van der Waals surface area contributed by atoms with Gasteiger partial charge in [-0.1, -0.05) is 6.08 Å². The van der Waals surface area contributed by atoms with E-state index in [1.165, 1.54) is 0 Å². The second kappa shape index (κ2) is 5.70. The third-order valence-electron chi connectivity index (χ3n) is 2.22. The molecule has 0 bridgehead atoms. The Balaban J connectivity index is 2.64. The van der Waals surface area contributed by atoms with Gasteiger partial charge in [0.15, 0.2) is 17.5 Å². The highest BCUT2D eigenvalue weighted by Crippen LogP contribution is 2.13. The minimum atomic E-state index is -1.43. The fourth-order valence-electron chi connectivity index (χ4n) is 1.34. The molecule has 0 saturated heterocycles. The van der Waals surface area contributed by atoms with Crippen LogP contribution in [0.1, 0.15) is 18.9 Å². The molecular formula is C12H14F3N. The number of hydrogen-bond acceptors (Lipinski definition) is 1. The maximum atomic E-state index is 12.9. The van der Waals surface area contributed by atoms with E-state index in [2.05, 4.69) is 11.9 Å². The van der Waals surface area contributed by atoms with Crippen molar-refractivity contribution in [3.8, 4) is 0 Å². The van der Waals surface area contributed by atoms with Gasteiger partial charge in [-0.05, 0) is 31.0 Å². The summed E-state index contributed by atoms with van der Waals surface area (Å²) in [5, 5.41) is 3.05. The minimum absolute atomic E-state index is 0.161. The normalized spacial score (nSPS) is 12.5. The quantitative estimate of drug-likeness (QED) is 0.604. The van der Waals surface area contributed by atoms with E-state index in [0.717, 1.165) is 18.6 Å². The Kier molecular flexibility index (Phi) is 4.55. The third kappa shape index (κ3) is 3.38. The molecule has 4 heteroatoms. The Morgan fingerprint density at radius 1 is 1.31 bits per heavy atom. The zero-order valence-electron chi connectivity index (χ0n) is 9.06. The first-order valence-electron chi connectivity index (χ1n) is 5.02. The van der Waals surface area contributed by atoms with Crippen LogP contribution in [0, 0.1) is 17.5 Å². The fourth-order valence-corrected chi connectivity index (χ4v) is 1.34. The predicted molar refractivity (Wildman–Crippen MR) is 57.4 cm³/mol. The van der Waals surface area contributed by atoms with Gasteiger partial charge in [0.25, 0.3) is 0 Å². The van der Waals surface area contributed by atoms with Crippen LogP contribution in [-0.2, 0) is 6.54 Å². The summed E-state index contributed by atoms with van der Waals surface area (Å²) in [6.45, 7) is 5.81. The molecule has 0 aliphatic heterocycles. The highest BCUT2D eigenvalue weighted by atomic mass is 19.2. The summed E-state index contributed by atoms with van der Waals surface area (Å²) in [5.41, 5.74) is 0.382. The van der Waals surface area contributed by atoms with Crippen LogP contribution in [0.3, 0.4) is 0 Å². The highest BCUT2D eigenvalue weighted by molar-refractivity contribution is 5.19. The van der Waals surface area contributed by atoms with E-state index in [4.69, 9.17) is 0 Å². The van der Waals surface area contributed by atoms with E-state index in [1.807, 2.05) is 6.92 Å². The van der Waals surface area contributed by atoms with E-state index in [0.29, 0.717) is 12.1 Å². The van der Waals surface area contributed by atoms with E-state index < -0.39 is 17.5 Å². The van der Waals surface area contributed by atoms with Crippen LogP contribution < -0.4 is 5.32 Å². The van der Waals surface area contributed by atoms with E-state index in [1.54, 1.807) is 6.08 Å². The number of benzene rings is 1. The Morgan fingerprint density at radius 2 is 1.88 bits per heavy atom. The lowest BCUT2D eigenvalue weighted by atomic mass is 10.1. The van der Waals surface area contributed by atoms with Gasteiger partial charge in [0, 0.05) is 12.6 Å². The SMILES string of the molecule is C=CCC(C)NCc1cc(F)c(F)c(F)c1. The molecule has 1 aromatic rings. The lowest BCUT2D eigenvalue weighted by Crippen LogP contribution is -2.24. The monoisotopic (exact) mass is 229 g/mol. The van der Waals surface area contributed by atoms with Crippen molar-refractivity contribution >= 4 is 0 Å². The molecule has 0 aliphatic rings. The van der Waals surface area contributed by atoms with Crippen LogP contribution in [-0.4, -0.2) is 6.04 Å². The molecular weight excluding hydrogens is 215 g/mol. The van der Waals surface area contributed by atoms with Gasteiger partial charge in [0.2, 0.25) is 0 Å². The maximum absolute atomic E-state index is 12.9. The van der Waals surface area contributed by atoms with Crippen LogP contribution in [0.15, 0.2) is 24.8 Å². The van der Waals surface area contributed by atoms with Gasteiger partial charge < -0.3 is 5.32 Å². The molecule has 1 aromatic carbocycles. The summed E-state index contributed by atoms with van der Waals surface area (Å²) >= 11 is 0. The van der Waals surface area contributed by atoms with Crippen LogP contribution in [0.5, 0.6) is 0 Å². The first-order chi connectivity index (χ1) is 7.54. The van der Waals surface area contributed by atoms with Crippen molar-refractivity contribution in [2.45, 2.75) is 25.9 Å². The summed E-state index contributed by atoms with van der Waals surface area (Å²) < 4.78 is 38.4. The molecule has 16 heavy (non-hydrogen) atoms. The number of hydrogen-bond donors (Lipinski definition) is 1. The Labute approximate surface area is 93.0 Å². The molecule has 1 rings (SSSR count). The van der Waals surface area contributed by atoms with Gasteiger partial charge in [0.05, 0.1) is 0 Å². The molecule has 0 amide bonds. The zero-order valence-corrected chi connectivity index (χ0v) is 9.06. The zero-order chi connectivity index (χ0) is 12.1. The predicted octanol–water partition coefficient (Wildman–Crippen LogP) is 3.16. The summed E-state index contributed by atoms with van der Waals surface area (Å²) in [6, 6.07) is 2.15. The first kappa shape index (κ1) is 12.8. The molecule has 0 aliphatic carbocycles. The first-order valence-corrected chi connectivity index (χ1v) is 5.02. The van der Waals surface area contributed by atoms with Crippen molar-refractivity contribution in [3.05, 3.63) is 47.8 Å². The van der Waals surface area contributed by atoms with Crippen molar-refractivity contribution in [1.82, 2.24) is 5.32 Å². The largest absolute Gasteiger partial charge is 0.310 e. The van der Waals surface area contributed by atoms with E-state index >= 15 is 0 Å². The van der Waals surface area contributed by atoms with Crippen molar-refractivity contribution in [2.24, 2.45) is 0 Å². The molecule has 0 radical (unpaired) electrons. The maximum Gasteiger partial charge on any atom is 0.194 e. The summed E-state index contributed by atoms with van der Waals surface area (Å²) in [7, 11) is 0. The van der Waals surface area contributed by atoms with Crippen molar-refractivity contribution in [2.75, 3.05) is 0 Å². The van der Waals surface area contributed by atoms with Crippen LogP contribution >= 0.6 is 0 Å². The molecule has 1 atom stereocenters. The second-order valence-corrected chi connectivity index (χ2v) is 3.68. The smallest absolute Gasteiger partial charge is 0.194 e. The van der Waals surface area contributed by atoms with Crippen LogP contribution in [0.2, 0.25) is 0 Å². The average Bonchev–Trinajstić information content (AvgIpc) is 2.23. The minimum Gasteiger partial charge on any atom is -0.310 e. The van der Waals surface area contributed by atoms with E-state index in [-0.39, 0.29) is 6.04 Å². The van der Waals surface area contributed by atoms with Gasteiger partial charge >= 0.3 is 0 Å². The van der Waals surface area contributed by atoms with E-state index in [9.17, 15) is 13.2 Å². The van der Waals surface area contributed by atoms with Gasteiger partial charge in [0.1, 0.15) is 0 Å². The van der Waals surface area contributed by atoms with Crippen LogP contribution in [0.4, 0.5) is 13.2 Å². The van der Waals surface area contributed by atoms with Crippen LogP contribution in [0.25, 0.3) is 0 Å². The summed E-state index contributed by atoms with van der Waals surface area (Å²) in [5.74, 6) is -3.75. The fraction of sp³-hybridized carbons (Fsp3) is 0.333. The van der Waals surface area contributed by atoms with Crippen molar-refractivity contribution in [1.29, 1.82) is 0 Å². The molecule has 0 spiro atoms. The Bertz CT molecular complexity index is 354. The molecule has 0 aromatic heterocycles. The average molecular weight is 229 g/mol. The van der Waals surface area contributed by atoms with Gasteiger partial charge in [-0.15, -0.1) is 6.58 Å². The third-order valence-corrected chi connectivity index (χ3v) is 2.22. The molecule has 0 heterocycles. The number of halogens is 3. The molecule has 1 N–H and O–H groups in total. The molecule has 88 valence electrons. The number of nitrogens with one attached hydrogen (secondary N) is 1. The lowest BCUT2D eigenvalue weighted by molar-refractivity contribution is 0.443. The molecule has 0 saturated carbocycles. The summed E-state index contributed by atoms with van der Waals surface area (Å²) in [4.78, 5) is 0. The second-order valence-electron chi connectivity index (χ2n) is 3.68. The highest BCUT2D eigenvalue weighted by Gasteiger charge is 2.10. The molecule has 0 fully saturated rings. The van der Waals surface area contributed by atoms with Gasteiger partial charge in [-0.25, -0.2) is 13.2 Å². The number of rotatable bonds is 5. The Morgan fingerprint density at radius 3 is 2.38 bits per heavy atom. The van der Waals surface area contributed by atoms with Gasteiger partial charge in [-0.2, -0.15) is 0 Å². The summed E-state index contributed by atoms with van der Waals surface area (Å²) in [6.07, 6.45) is 2.51. The van der Waals surface area contributed by atoms with Gasteiger partial charge in [-0.3, -0.25) is 0 Å². The lowest BCUT2D eigenvalue weighted by Gasteiger charge is -2.11. The Hall–Kier alpha value is -1.29. The molecule has 1 nitrogen and oxygen atoms in total.